The molecule has 4 nitrogen and oxygen atoms in total. The van der Waals surface area contributed by atoms with E-state index in [-0.39, 0.29) is 11.9 Å². The van der Waals surface area contributed by atoms with Crippen LogP contribution >= 0.6 is 15.9 Å². The van der Waals surface area contributed by atoms with Crippen LogP contribution < -0.4 is 5.32 Å². The van der Waals surface area contributed by atoms with Gasteiger partial charge in [-0.15, -0.1) is 0 Å². The quantitative estimate of drug-likeness (QED) is 0.947. The van der Waals surface area contributed by atoms with Crippen LogP contribution in [-0.2, 0) is 0 Å². The first kappa shape index (κ1) is 12.2. The Morgan fingerprint density at radius 2 is 2.24 bits per heavy atom. The second-order valence-electron chi connectivity index (χ2n) is 3.60. The van der Waals surface area contributed by atoms with Gasteiger partial charge in [-0.25, -0.2) is 4.39 Å². The highest BCUT2D eigenvalue weighted by atomic mass is 79.9. The van der Waals surface area contributed by atoms with Crippen molar-refractivity contribution in [2.24, 2.45) is 0 Å². The van der Waals surface area contributed by atoms with Gasteiger partial charge in [0.25, 0.3) is 0 Å². The minimum atomic E-state index is -0.318. The standard InChI is InChI=1S/C11H11BrFN3O/c1-6(14-2)11-15-10(16-17-11)7-3-4-9(13)8(12)5-7/h3-6,14H,1-2H3. The second-order valence-corrected chi connectivity index (χ2v) is 4.45. The fourth-order valence-corrected chi connectivity index (χ4v) is 1.67. The SMILES string of the molecule is CNC(C)c1nc(-c2ccc(F)c(Br)c2)no1. The molecular weight excluding hydrogens is 289 g/mol. The van der Waals surface area contributed by atoms with Gasteiger partial charge in [0, 0.05) is 5.56 Å². The molecule has 90 valence electrons. The molecule has 1 aromatic carbocycles. The Hall–Kier alpha value is -1.27. The molecule has 0 bridgehead atoms. The lowest BCUT2D eigenvalue weighted by Crippen LogP contribution is -2.12. The van der Waals surface area contributed by atoms with Gasteiger partial charge in [0.15, 0.2) is 0 Å². The first-order valence-corrected chi connectivity index (χ1v) is 5.87. The summed E-state index contributed by atoms with van der Waals surface area (Å²) in [6.07, 6.45) is 0. The van der Waals surface area contributed by atoms with Gasteiger partial charge in [0.05, 0.1) is 10.5 Å². The smallest absolute Gasteiger partial charge is 0.243 e. The minimum Gasteiger partial charge on any atom is -0.337 e. The number of nitrogens with one attached hydrogen (secondary N) is 1. The molecular formula is C11H11BrFN3O. The monoisotopic (exact) mass is 299 g/mol. The van der Waals surface area contributed by atoms with Crippen molar-refractivity contribution < 1.29 is 8.91 Å². The molecule has 6 heteroatoms. The first-order chi connectivity index (χ1) is 8.11. The number of nitrogens with zero attached hydrogens (tertiary/aromatic N) is 2. The lowest BCUT2D eigenvalue weighted by Gasteiger charge is -2.01. The van der Waals surface area contributed by atoms with Crippen molar-refractivity contribution in [2.45, 2.75) is 13.0 Å². The molecule has 0 aliphatic carbocycles. The zero-order chi connectivity index (χ0) is 12.4. The van der Waals surface area contributed by atoms with E-state index in [1.165, 1.54) is 6.07 Å². The largest absolute Gasteiger partial charge is 0.337 e. The minimum absolute atomic E-state index is 0.0138. The Morgan fingerprint density at radius 3 is 2.88 bits per heavy atom. The Morgan fingerprint density at radius 1 is 1.47 bits per heavy atom. The van der Waals surface area contributed by atoms with Crippen molar-refractivity contribution in [3.8, 4) is 11.4 Å². The molecule has 2 rings (SSSR count). The fourth-order valence-electron chi connectivity index (χ4n) is 1.29. The third kappa shape index (κ3) is 2.53. The van der Waals surface area contributed by atoms with Crippen molar-refractivity contribution in [3.05, 3.63) is 34.4 Å². The molecule has 0 spiro atoms. The van der Waals surface area contributed by atoms with Gasteiger partial charge in [-0.05, 0) is 48.1 Å². The van der Waals surface area contributed by atoms with Crippen LogP contribution in [0.1, 0.15) is 18.9 Å². The predicted octanol–water partition coefficient (Wildman–Crippen LogP) is 2.92. The van der Waals surface area contributed by atoms with Crippen LogP contribution in [0.15, 0.2) is 27.2 Å². The van der Waals surface area contributed by atoms with Gasteiger partial charge >= 0.3 is 0 Å². The first-order valence-electron chi connectivity index (χ1n) is 5.08. The number of hydrogen-bond acceptors (Lipinski definition) is 4. The van der Waals surface area contributed by atoms with Crippen molar-refractivity contribution in [1.82, 2.24) is 15.5 Å². The van der Waals surface area contributed by atoms with E-state index in [2.05, 4.69) is 31.4 Å². The molecule has 0 saturated heterocycles. The van der Waals surface area contributed by atoms with Gasteiger partial charge < -0.3 is 9.84 Å². The molecule has 1 N–H and O–H groups in total. The number of aromatic nitrogens is 2. The summed E-state index contributed by atoms with van der Waals surface area (Å²) < 4.78 is 18.6. The molecule has 0 fully saturated rings. The zero-order valence-corrected chi connectivity index (χ0v) is 11.0. The van der Waals surface area contributed by atoms with Gasteiger partial charge in [0.1, 0.15) is 5.82 Å². The highest BCUT2D eigenvalue weighted by Gasteiger charge is 2.14. The summed E-state index contributed by atoms with van der Waals surface area (Å²) in [6.45, 7) is 1.91. The van der Waals surface area contributed by atoms with Gasteiger partial charge in [-0.2, -0.15) is 4.98 Å². The van der Waals surface area contributed by atoms with Crippen LogP contribution in [0.4, 0.5) is 4.39 Å². The summed E-state index contributed by atoms with van der Waals surface area (Å²) in [7, 11) is 1.81. The van der Waals surface area contributed by atoms with E-state index < -0.39 is 0 Å². The lowest BCUT2D eigenvalue weighted by molar-refractivity contribution is 0.347. The Balaban J connectivity index is 2.33. The van der Waals surface area contributed by atoms with Crippen LogP contribution in [0, 0.1) is 5.82 Å². The Kier molecular flexibility index (Phi) is 3.54. The summed E-state index contributed by atoms with van der Waals surface area (Å²) in [6, 6.07) is 4.57. The average Bonchev–Trinajstić information content (AvgIpc) is 2.81. The van der Waals surface area contributed by atoms with Gasteiger partial charge in [0.2, 0.25) is 11.7 Å². The molecule has 2 aromatic rings. The maximum atomic E-state index is 13.1. The Bertz CT molecular complexity index is 529. The van der Waals surface area contributed by atoms with Gasteiger partial charge in [-0.3, -0.25) is 0 Å². The fraction of sp³-hybridized carbons (Fsp3) is 0.273. The molecule has 0 saturated carbocycles. The van der Waals surface area contributed by atoms with Crippen molar-refractivity contribution in [1.29, 1.82) is 0 Å². The van der Waals surface area contributed by atoms with E-state index >= 15 is 0 Å². The summed E-state index contributed by atoms with van der Waals surface area (Å²) in [5.41, 5.74) is 0.705. The molecule has 17 heavy (non-hydrogen) atoms. The number of hydrogen-bond donors (Lipinski definition) is 1. The second kappa shape index (κ2) is 4.93. The molecule has 0 aliphatic rings. The average molecular weight is 300 g/mol. The van der Waals surface area contributed by atoms with Gasteiger partial charge in [-0.1, -0.05) is 5.16 Å². The number of benzene rings is 1. The van der Waals surface area contributed by atoms with E-state index in [4.69, 9.17) is 4.52 Å². The van der Waals surface area contributed by atoms with Crippen molar-refractivity contribution in [2.75, 3.05) is 7.05 Å². The van der Waals surface area contributed by atoms with E-state index in [1.807, 2.05) is 14.0 Å². The maximum absolute atomic E-state index is 13.1. The number of rotatable bonds is 3. The van der Waals surface area contributed by atoms with E-state index in [9.17, 15) is 4.39 Å². The van der Waals surface area contributed by atoms with Crippen LogP contribution in [-0.4, -0.2) is 17.2 Å². The summed E-state index contributed by atoms with van der Waals surface area (Å²) in [4.78, 5) is 4.24. The number of halogens is 2. The summed E-state index contributed by atoms with van der Waals surface area (Å²) >= 11 is 3.12. The van der Waals surface area contributed by atoms with E-state index in [0.717, 1.165) is 0 Å². The summed E-state index contributed by atoms with van der Waals surface area (Å²) in [5, 5.41) is 6.86. The molecule has 0 aliphatic heterocycles. The molecule has 1 unspecified atom stereocenters. The van der Waals surface area contributed by atoms with Crippen LogP contribution in [0.25, 0.3) is 11.4 Å². The molecule has 0 amide bonds. The zero-order valence-electron chi connectivity index (χ0n) is 9.37. The molecule has 0 radical (unpaired) electrons. The van der Waals surface area contributed by atoms with Crippen molar-refractivity contribution >= 4 is 15.9 Å². The lowest BCUT2D eigenvalue weighted by atomic mass is 10.2. The van der Waals surface area contributed by atoms with Crippen LogP contribution in [0.2, 0.25) is 0 Å². The van der Waals surface area contributed by atoms with E-state index in [0.29, 0.717) is 21.8 Å². The van der Waals surface area contributed by atoms with Crippen LogP contribution in [0.3, 0.4) is 0 Å². The predicted molar refractivity (Wildman–Crippen MR) is 64.9 cm³/mol. The summed E-state index contributed by atoms with van der Waals surface area (Å²) in [5.74, 6) is 0.631. The molecule has 1 heterocycles. The van der Waals surface area contributed by atoms with Crippen molar-refractivity contribution in [3.63, 3.8) is 0 Å². The molecule has 1 atom stereocenters. The Labute approximate surface area is 106 Å². The normalized spacial score (nSPS) is 12.7. The topological polar surface area (TPSA) is 51.0 Å². The molecule has 1 aromatic heterocycles. The van der Waals surface area contributed by atoms with Crippen LogP contribution in [0.5, 0.6) is 0 Å². The third-order valence-corrected chi connectivity index (χ3v) is 3.03. The third-order valence-electron chi connectivity index (χ3n) is 2.42. The highest BCUT2D eigenvalue weighted by molar-refractivity contribution is 9.10. The highest BCUT2D eigenvalue weighted by Crippen LogP contribution is 2.24. The maximum Gasteiger partial charge on any atom is 0.243 e. The van der Waals surface area contributed by atoms with E-state index in [1.54, 1.807) is 12.1 Å².